The van der Waals surface area contributed by atoms with Crippen molar-refractivity contribution in [2.45, 2.75) is 211 Å². The molecule has 0 aromatic carbocycles. The van der Waals surface area contributed by atoms with E-state index in [4.69, 9.17) is 136 Å². The Balaban J connectivity index is 0.000000241. The van der Waals surface area contributed by atoms with Crippen LogP contribution in [0.15, 0.2) is 103 Å². The Morgan fingerprint density at radius 3 is 0.920 bits per heavy atom. The third-order valence-electron chi connectivity index (χ3n) is 19.4. The molecule has 5 fully saturated rings. The summed E-state index contributed by atoms with van der Waals surface area (Å²) in [4.78, 5) is 168. The highest BCUT2D eigenvalue weighted by Gasteiger charge is 2.50. The summed E-state index contributed by atoms with van der Waals surface area (Å²) in [6.45, 7) is -1.97. The molecule has 5 saturated heterocycles. The van der Waals surface area contributed by atoms with Crippen LogP contribution in [-0.4, -0.2) is 361 Å². The highest BCUT2D eigenvalue weighted by atomic mass is 16.6. The van der Waals surface area contributed by atoms with Crippen molar-refractivity contribution >= 4 is 76.8 Å². The zero-order valence-electron chi connectivity index (χ0n) is 76.4. The van der Waals surface area contributed by atoms with Crippen LogP contribution in [-0.2, 0) is 87.4 Å². The molecule has 0 amide bonds. The minimum atomic E-state index is -2.49. The van der Waals surface area contributed by atoms with Gasteiger partial charge in [-0.25, -0.2) is 29.0 Å². The average molecular weight is 1970 g/mol. The number of rotatable bonds is 40. The molecule has 137 heavy (non-hydrogen) atoms. The van der Waals surface area contributed by atoms with Gasteiger partial charge in [-0.1, -0.05) is 6.42 Å². The van der Waals surface area contributed by atoms with Gasteiger partial charge in [0.25, 0.3) is 0 Å². The first-order valence-electron chi connectivity index (χ1n) is 42.8. The maximum Gasteiger partial charge on any atom is 0.351 e. The van der Waals surface area contributed by atoms with E-state index in [0.717, 1.165) is 61.3 Å². The van der Waals surface area contributed by atoms with Crippen molar-refractivity contribution in [1.29, 1.82) is 0 Å². The van der Waals surface area contributed by atoms with E-state index in [1.165, 1.54) is 12.5 Å². The normalized spacial score (nSPS) is 28.8. The summed E-state index contributed by atoms with van der Waals surface area (Å²) in [5.74, 6) is -7.83. The molecule has 11 rings (SSSR count). The van der Waals surface area contributed by atoms with Crippen LogP contribution < -0.4 is 102 Å². The Kier molecular flexibility index (Phi) is 40.3. The van der Waals surface area contributed by atoms with Crippen molar-refractivity contribution in [3.8, 4) is 0 Å². The fourth-order valence-corrected chi connectivity index (χ4v) is 12.0. The number of hydrogen-bond donors (Lipinski definition) is 31. The minimum absolute atomic E-state index is 0.0764. The lowest BCUT2D eigenvalue weighted by Gasteiger charge is -2.17. The number of anilines is 5. The van der Waals surface area contributed by atoms with E-state index in [2.05, 4.69) is 39.9 Å². The Bertz CT molecular complexity index is 5580. The maximum atomic E-state index is 12.1. The number of nitrogens with one attached hydrogen (secondary N) is 6. The van der Waals surface area contributed by atoms with Gasteiger partial charge in [-0.3, -0.25) is 115 Å². The maximum absolute atomic E-state index is 12.1. The molecule has 5 aliphatic heterocycles. The first-order chi connectivity index (χ1) is 66.8. The van der Waals surface area contributed by atoms with Crippen molar-refractivity contribution in [3.63, 3.8) is 0 Å². The average Bonchev–Trinajstić information content (AvgIpc) is 1.63. The van der Waals surface area contributed by atoms with Gasteiger partial charge >= 0.3 is 70.2 Å². The number of carbonyl (C=O) groups is 7. The highest BCUT2D eigenvalue weighted by Crippen LogP contribution is 2.34. The number of nitrogens with two attached hydrogens (primary N) is 8. The number of aliphatic hydroxyl groups excluding tert-OH is 10. The molecule has 5 aliphatic rings. The molecule has 65 nitrogen and oxygen atoms in total. The number of carbonyl (C=O) groups excluding carboxylic acids is 5. The van der Waals surface area contributed by atoms with Crippen LogP contribution in [0.5, 0.6) is 0 Å². The molecule has 6 aromatic heterocycles. The third-order valence-corrected chi connectivity index (χ3v) is 19.4. The number of unbranched alkanes of at least 4 members (excludes halogenated alkanes) is 1. The fourth-order valence-electron chi connectivity index (χ4n) is 12.0. The Morgan fingerprint density at radius 2 is 0.679 bits per heavy atom. The number of guanidine groups is 1. The second-order valence-electron chi connectivity index (χ2n) is 29.3. The van der Waals surface area contributed by atoms with Gasteiger partial charge in [-0.05, 0) is 69.0 Å². The second kappa shape index (κ2) is 53.6. The number of nitrogens with zero attached hydrogens (tertiary/aromatic N) is 12. The topological polar surface area (TPSA) is 1040 Å². The molecular formula is C72H108N26O39. The van der Waals surface area contributed by atoms with Crippen LogP contribution in [0, 0.1) is 0 Å². The van der Waals surface area contributed by atoms with E-state index < -0.39 is 262 Å². The molecule has 11 heterocycles. The molecule has 0 spiro atoms. The van der Waals surface area contributed by atoms with Crippen LogP contribution in [0.4, 0.5) is 29.1 Å². The van der Waals surface area contributed by atoms with Crippen molar-refractivity contribution < 1.29 is 175 Å². The number of esters is 5. The Hall–Kier alpha value is -12.9. The van der Waals surface area contributed by atoms with Crippen molar-refractivity contribution in [2.24, 2.45) is 50.9 Å². The van der Waals surface area contributed by atoms with Crippen LogP contribution >= 0.6 is 0 Å². The zero-order chi connectivity index (χ0) is 106. The molecule has 6 aromatic rings. The second-order valence-corrected chi connectivity index (χ2v) is 29.3. The van der Waals surface area contributed by atoms with E-state index in [1.54, 1.807) is 27.4 Å². The number of aromatic nitrogens is 12. The molecule has 0 aliphatic carbocycles. The van der Waals surface area contributed by atoms with E-state index in [9.17, 15) is 109 Å². The number of H-pyrrole nitrogens is 1. The third kappa shape index (κ3) is 31.6. The van der Waals surface area contributed by atoms with Gasteiger partial charge in [-0.2, -0.15) is 24.9 Å². The molecule has 760 valence electrons. The number of aliphatic hydroxyl groups is 10. The standard InChI is InChI=1S/C15H25N7O7.C15H20N6O7.C15H25N5O7.C14H20N4O9.C13H18N4O9/c16-7(2-1-4-19-14(17)18)13(25)28-6-8-10(23)11(24)12(29-8)22-5-3-9(21-27)20-15(22)26;16-8(3-7-4-17-6-18-7)14(24)27-5-9-11(22)12(23)13(28-9)21-2-1-10(20-26)19-15(21)25;16-5-2-1-3-8(17)14(23)26-7-9-11(21)12(22)13(27-9)20-6-4-10(19-25)18-15(20)24;15-6(1-2-9(19)20)13(23)26-5-7-10(21)11(22)12(27-7)18-4-3-8(17-25)16-14(18)24;14-5(3-8(18)19)12(22)25-4-6-9(20)10(21)11(26-6)17-2-1-7(16-24)15-13(17)23/h3,5,7-8,10-12,23-24,27H,1-2,4,6,16H2,(H4,17,18,19)(H,20,21,26);1-2,4,6,8-9,11-13,22-23,26H,3,5,16H2,(H,17,18)(H,19,20,25);4,6,8-9,11-13,21-22,25H,1-3,5,7,16-17H2,(H,18,19,24);3-4,6-7,10-12,21-22,25H,1-2,5,15H2,(H,19,20)(H,16,17,24);1-2,5-6,9-11,20-21,24H,3-4,14H2,(H,18,19)(H,15,16,23)/t7-,8+,10+,11+,12+;2*8-,9+,11+,12+,13+;6-,7+,10+,11+,12+;5-,6+,9+,10+,11+/m00000/s1/i12D;2*13D;12D;11D. The molecule has 0 saturated carbocycles. The first kappa shape index (κ1) is 103. The SMILES string of the molecule is [2H][C@@]1(n2ccc(NO)nc2=O)O[C@H](COC(=O)[C@@H](N)CC(=O)O)[C@@H](O)[C@H]1O.[2H][C@@]1(n2ccc(NO)nc2=O)O[C@H](COC(=O)[C@@H](N)CCC(=O)O)[C@@H](O)[C@H]1O.[2H][C@@]1(n2ccc(NO)nc2=O)O[C@H](COC(=O)[C@@H](N)CCCCN)[C@@H](O)[C@H]1O.[2H][C@@]1(n2ccc(NO)nc2=O)O[C@H](COC(=O)[C@@H](N)CCCN=C(N)N)[C@@H](O)[C@H]1O.[2H][C@@]1(n2ccc(NO)nc2=O)O[C@H](COC(=O)[C@@H](N)Cc2cnc[nH]2)[C@@H](O)[C@H]1O. The number of imidazole rings is 1. The van der Waals surface area contributed by atoms with Gasteiger partial charge in [0.2, 0.25) is 0 Å². The van der Waals surface area contributed by atoms with E-state index in [1.807, 2.05) is 0 Å². The molecule has 65 heteroatoms. The number of aliphatic carboxylic acids is 2. The van der Waals surface area contributed by atoms with E-state index in [0.29, 0.717) is 60.8 Å². The van der Waals surface area contributed by atoms with Crippen LogP contribution in [0.2, 0.25) is 0 Å². The van der Waals surface area contributed by atoms with E-state index >= 15 is 0 Å². The summed E-state index contributed by atoms with van der Waals surface area (Å²) in [6, 6.07) is 0.167. The van der Waals surface area contributed by atoms with Crippen LogP contribution in [0.25, 0.3) is 0 Å². The van der Waals surface area contributed by atoms with Crippen molar-refractivity contribution in [3.05, 3.63) is 132 Å². The molecule has 39 N–H and O–H groups in total. The number of hydrogen-bond acceptors (Lipinski definition) is 55. The summed E-state index contributed by atoms with van der Waals surface area (Å²) in [5.41, 5.74) is 47.5. The highest BCUT2D eigenvalue weighted by molar-refractivity contribution is 5.82. The smallest absolute Gasteiger partial charge is 0.351 e. The number of ether oxygens (including phenoxy) is 10. The Labute approximate surface area is 774 Å². The molecule has 25 atom stereocenters. The number of carboxylic acids is 2. The Morgan fingerprint density at radius 1 is 0.409 bits per heavy atom. The number of carboxylic acid groups (broad SMARTS) is 2. The van der Waals surface area contributed by atoms with Gasteiger partial charge in [0.15, 0.2) is 66.1 Å². The number of aliphatic imine (C=N–C) groups is 1. The predicted octanol–water partition coefficient (Wildman–Crippen LogP) is -13.8. The van der Waals surface area contributed by atoms with Gasteiger partial charge < -0.3 is 160 Å². The molecular weight excluding hydrogens is 1850 g/mol. The summed E-state index contributed by atoms with van der Waals surface area (Å²) < 4.78 is 95.3. The monoisotopic (exact) mass is 1970 g/mol. The lowest BCUT2D eigenvalue weighted by atomic mass is 10.1. The summed E-state index contributed by atoms with van der Waals surface area (Å²) in [7, 11) is 0. The molecule has 0 unspecified atom stereocenters. The van der Waals surface area contributed by atoms with Gasteiger partial charge in [0, 0.05) is 62.3 Å². The summed E-state index contributed by atoms with van der Waals surface area (Å²) >= 11 is 0. The lowest BCUT2D eigenvalue weighted by molar-refractivity contribution is -0.154. The fraction of sp³-hybridized carbons (Fsp3) is 0.569. The van der Waals surface area contributed by atoms with Gasteiger partial charge in [0.05, 0.1) is 19.6 Å². The summed E-state index contributed by atoms with van der Waals surface area (Å²) in [6.07, 6.45) is -27.1. The minimum Gasteiger partial charge on any atom is -0.481 e. The van der Waals surface area contributed by atoms with Gasteiger partial charge in [0.1, 0.15) is 155 Å². The zero-order valence-corrected chi connectivity index (χ0v) is 71.4. The summed E-state index contributed by atoms with van der Waals surface area (Å²) in [5, 5.41) is 163. The predicted molar refractivity (Wildman–Crippen MR) is 448 cm³/mol. The quantitative estimate of drug-likeness (QED) is 0.00424. The number of aromatic amines is 1. The van der Waals surface area contributed by atoms with Gasteiger partial charge in [-0.15, -0.1) is 0 Å². The van der Waals surface area contributed by atoms with E-state index in [-0.39, 0.29) is 67.3 Å². The van der Waals surface area contributed by atoms with Crippen molar-refractivity contribution in [2.75, 3.05) is 73.5 Å². The largest absolute Gasteiger partial charge is 0.481 e. The first-order valence-corrected chi connectivity index (χ1v) is 40.3. The van der Waals surface area contributed by atoms with Crippen LogP contribution in [0.1, 0.15) is 94.9 Å². The molecule has 0 radical (unpaired) electrons. The lowest BCUT2D eigenvalue weighted by Crippen LogP contribution is -2.39. The van der Waals surface area contributed by atoms with Crippen molar-refractivity contribution in [1.82, 2.24) is 57.7 Å². The van der Waals surface area contributed by atoms with Crippen LogP contribution in [0.3, 0.4) is 0 Å². The molecule has 0 bridgehead atoms.